The summed E-state index contributed by atoms with van der Waals surface area (Å²) in [6.07, 6.45) is 9.16. The largest absolute Gasteiger partial charge is 0.382 e. The third-order valence-corrected chi connectivity index (χ3v) is 9.67. The number of ether oxygens (including phenoxy) is 3. The van der Waals surface area contributed by atoms with Gasteiger partial charge < -0.3 is 14.2 Å². The summed E-state index contributed by atoms with van der Waals surface area (Å²) in [5.41, 5.74) is -0.702. The molecule has 4 rings (SSSR count). The number of alkyl halides is 2. The van der Waals surface area contributed by atoms with Gasteiger partial charge in [0.2, 0.25) is 0 Å². The fourth-order valence-corrected chi connectivity index (χ4v) is 8.92. The second-order valence-electron chi connectivity index (χ2n) is 10.4. The third kappa shape index (κ3) is 3.54. The van der Waals surface area contributed by atoms with Gasteiger partial charge in [-0.3, -0.25) is 9.59 Å². The highest BCUT2D eigenvalue weighted by molar-refractivity contribution is 6.48. The van der Waals surface area contributed by atoms with Crippen molar-refractivity contribution in [2.75, 3.05) is 27.1 Å². The minimum absolute atomic E-state index is 0.00573. The lowest BCUT2D eigenvalue weighted by Gasteiger charge is -2.62. The van der Waals surface area contributed by atoms with Gasteiger partial charge in [-0.25, -0.2) is 0 Å². The molecule has 5 nitrogen and oxygen atoms in total. The van der Waals surface area contributed by atoms with Crippen LogP contribution in [0.2, 0.25) is 0 Å². The molecule has 0 saturated heterocycles. The van der Waals surface area contributed by atoms with E-state index in [1.807, 2.05) is 6.08 Å². The number of rotatable bonds is 7. The highest BCUT2D eigenvalue weighted by Gasteiger charge is 2.71. The van der Waals surface area contributed by atoms with Gasteiger partial charge in [0.15, 0.2) is 11.6 Å². The Balaban J connectivity index is 1.67. The van der Waals surface area contributed by atoms with Crippen molar-refractivity contribution in [2.45, 2.75) is 62.8 Å². The van der Waals surface area contributed by atoms with Crippen LogP contribution in [0, 0.1) is 28.6 Å². The van der Waals surface area contributed by atoms with E-state index in [2.05, 4.69) is 13.8 Å². The summed E-state index contributed by atoms with van der Waals surface area (Å²) < 4.78 is 15.8. The number of carbonyl (C=O) groups excluding carboxylic acids is 2. The number of fused-ring (bicyclic) bond motifs is 5. The fourth-order valence-electron chi connectivity index (χ4n) is 7.58. The molecule has 0 aromatic rings. The van der Waals surface area contributed by atoms with E-state index >= 15 is 0 Å². The minimum Gasteiger partial charge on any atom is -0.382 e. The quantitative estimate of drug-likeness (QED) is 0.287. The molecule has 3 fully saturated rings. The number of halogens is 2. The van der Waals surface area contributed by atoms with E-state index in [0.717, 1.165) is 24.8 Å². The van der Waals surface area contributed by atoms with E-state index < -0.39 is 15.3 Å². The Hall–Kier alpha value is -0.720. The Morgan fingerprint density at radius 1 is 1.22 bits per heavy atom. The average molecular weight is 485 g/mol. The van der Waals surface area contributed by atoms with Crippen LogP contribution >= 0.6 is 23.2 Å². The Labute approximate surface area is 200 Å². The number of hydrogen-bond acceptors (Lipinski definition) is 5. The molecular formula is C25H34Cl2O5. The molecule has 0 aromatic heterocycles. The van der Waals surface area contributed by atoms with Gasteiger partial charge in [0.05, 0.1) is 13.2 Å². The van der Waals surface area contributed by atoms with Crippen molar-refractivity contribution in [1.29, 1.82) is 0 Å². The van der Waals surface area contributed by atoms with Gasteiger partial charge in [-0.15, -0.1) is 23.2 Å². The van der Waals surface area contributed by atoms with Gasteiger partial charge >= 0.3 is 0 Å². The van der Waals surface area contributed by atoms with Gasteiger partial charge in [0.1, 0.15) is 16.7 Å². The van der Waals surface area contributed by atoms with Crippen molar-refractivity contribution in [3.05, 3.63) is 23.8 Å². The molecule has 0 unspecified atom stereocenters. The van der Waals surface area contributed by atoms with E-state index in [1.54, 1.807) is 26.2 Å². The number of methoxy groups -OCH3 is 1. The maximum Gasteiger partial charge on any atom is 0.178 e. The van der Waals surface area contributed by atoms with Crippen LogP contribution in [0.3, 0.4) is 0 Å². The van der Waals surface area contributed by atoms with E-state index in [-0.39, 0.29) is 41.5 Å². The standard InChI is InChI=1S/C25H34Cl2O5/c1-16(28)24(32-15-31-12-11-30-4)10-8-20-19-6-5-17-13-18(29)7-9-22(17,2)21(19)25(26,27)14-23(20,24)3/h7,9,13,19-21H,5-6,8,10-12,14-15H2,1-4H3/t19-,20-,21-,22-,23-,24-/m0/s1. The van der Waals surface area contributed by atoms with Gasteiger partial charge in [-0.05, 0) is 63.0 Å². The first kappa shape index (κ1) is 24.4. The molecule has 4 aliphatic carbocycles. The Morgan fingerprint density at radius 2 is 1.97 bits per heavy atom. The van der Waals surface area contributed by atoms with Crippen LogP contribution in [0.5, 0.6) is 0 Å². The van der Waals surface area contributed by atoms with Crippen LogP contribution in [-0.2, 0) is 23.8 Å². The lowest BCUT2D eigenvalue weighted by atomic mass is 9.46. The van der Waals surface area contributed by atoms with Crippen LogP contribution in [0.25, 0.3) is 0 Å². The van der Waals surface area contributed by atoms with Crippen LogP contribution in [0.4, 0.5) is 0 Å². The summed E-state index contributed by atoms with van der Waals surface area (Å²) in [6, 6.07) is 0. The molecule has 0 bridgehead atoms. The van der Waals surface area contributed by atoms with E-state index in [1.165, 1.54) is 0 Å². The molecule has 0 aromatic carbocycles. The molecule has 0 N–H and O–H groups in total. The molecule has 0 heterocycles. The zero-order valence-corrected chi connectivity index (χ0v) is 20.9. The summed E-state index contributed by atoms with van der Waals surface area (Å²) in [4.78, 5) is 25.1. The van der Waals surface area contributed by atoms with Crippen LogP contribution in [0.1, 0.15) is 52.9 Å². The molecule has 6 atom stereocenters. The molecule has 0 spiro atoms. The lowest BCUT2D eigenvalue weighted by Crippen LogP contribution is -2.63. The third-order valence-electron chi connectivity index (χ3n) is 8.94. The average Bonchev–Trinajstić information content (AvgIpc) is 3.00. The van der Waals surface area contributed by atoms with Gasteiger partial charge in [-0.1, -0.05) is 25.5 Å². The minimum atomic E-state index is -1.06. The highest BCUT2D eigenvalue weighted by atomic mass is 35.5. The SMILES string of the molecule is COCCOCO[C@]1(C(C)=O)CC[C@H]2[C@@H]3CCC4=CC(=O)C=C[C@]4(C)[C@H]3C(Cl)(Cl)C[C@@]21C. The topological polar surface area (TPSA) is 61.8 Å². The second kappa shape index (κ2) is 8.49. The predicted molar refractivity (Wildman–Crippen MR) is 124 cm³/mol. The van der Waals surface area contributed by atoms with E-state index in [4.69, 9.17) is 37.4 Å². The van der Waals surface area contributed by atoms with Crippen LogP contribution in [-0.4, -0.2) is 48.6 Å². The molecule has 7 heteroatoms. The molecule has 3 saturated carbocycles. The number of ketones is 2. The first-order valence-corrected chi connectivity index (χ1v) is 12.3. The van der Waals surface area contributed by atoms with Gasteiger partial charge in [0.25, 0.3) is 0 Å². The normalized spacial score (nSPS) is 42.1. The first-order valence-electron chi connectivity index (χ1n) is 11.6. The second-order valence-corrected chi connectivity index (χ2v) is 12.0. The molecule has 0 radical (unpaired) electrons. The van der Waals surface area contributed by atoms with Crippen molar-refractivity contribution >= 4 is 34.8 Å². The number of hydrogen-bond donors (Lipinski definition) is 0. The van der Waals surface area contributed by atoms with Gasteiger partial charge in [-0.2, -0.15) is 0 Å². The molecule has 0 aliphatic heterocycles. The van der Waals surface area contributed by atoms with Gasteiger partial charge in [0, 0.05) is 23.9 Å². The Kier molecular flexibility index (Phi) is 6.48. The molecular weight excluding hydrogens is 451 g/mol. The van der Waals surface area contributed by atoms with Crippen molar-refractivity contribution < 1.29 is 23.8 Å². The molecule has 32 heavy (non-hydrogen) atoms. The fraction of sp³-hybridized carbons (Fsp3) is 0.760. The summed E-state index contributed by atoms with van der Waals surface area (Å²) in [5.74, 6) is 0.505. The zero-order valence-electron chi connectivity index (χ0n) is 19.4. The monoisotopic (exact) mass is 484 g/mol. The smallest absolute Gasteiger partial charge is 0.178 e. The Bertz CT molecular complexity index is 851. The number of Topliss-reactive ketones (excluding diaryl/α,β-unsaturated/α-hetero) is 1. The number of allylic oxidation sites excluding steroid dienone is 4. The maximum atomic E-state index is 13.1. The van der Waals surface area contributed by atoms with Crippen LogP contribution < -0.4 is 0 Å². The van der Waals surface area contributed by atoms with E-state index in [0.29, 0.717) is 26.1 Å². The van der Waals surface area contributed by atoms with Crippen molar-refractivity contribution in [2.24, 2.45) is 28.6 Å². The summed E-state index contributed by atoms with van der Waals surface area (Å²) in [6.45, 7) is 6.81. The zero-order chi connectivity index (χ0) is 23.4. The van der Waals surface area contributed by atoms with Crippen LogP contribution in [0.15, 0.2) is 23.8 Å². The first-order chi connectivity index (χ1) is 15.0. The summed E-state index contributed by atoms with van der Waals surface area (Å²) in [5, 5.41) is 0. The summed E-state index contributed by atoms with van der Waals surface area (Å²) in [7, 11) is 1.62. The van der Waals surface area contributed by atoms with E-state index in [9.17, 15) is 9.59 Å². The van der Waals surface area contributed by atoms with Crippen molar-refractivity contribution in [3.8, 4) is 0 Å². The van der Waals surface area contributed by atoms with Crippen molar-refractivity contribution in [1.82, 2.24) is 0 Å². The number of carbonyl (C=O) groups is 2. The lowest BCUT2D eigenvalue weighted by molar-refractivity contribution is -0.205. The molecule has 0 amide bonds. The van der Waals surface area contributed by atoms with Crippen molar-refractivity contribution in [3.63, 3.8) is 0 Å². The molecule has 4 aliphatic rings. The predicted octanol–water partition coefficient (Wildman–Crippen LogP) is 5.04. The highest BCUT2D eigenvalue weighted by Crippen LogP contribution is 2.72. The maximum absolute atomic E-state index is 13.1. The summed E-state index contributed by atoms with van der Waals surface area (Å²) >= 11 is 14.4. The Morgan fingerprint density at radius 3 is 2.66 bits per heavy atom. The molecule has 178 valence electrons.